The van der Waals surface area contributed by atoms with E-state index in [1.165, 1.54) is 36.9 Å². The van der Waals surface area contributed by atoms with Crippen LogP contribution in [0.1, 0.15) is 47.9 Å². The summed E-state index contributed by atoms with van der Waals surface area (Å²) in [5, 5.41) is 0. The number of nitrogens with zero attached hydrogens (tertiary/aromatic N) is 1. The molecule has 0 aliphatic carbocycles. The molecule has 2 aliphatic rings. The molecule has 1 fully saturated rings. The summed E-state index contributed by atoms with van der Waals surface area (Å²) < 4.78 is 2.59. The van der Waals surface area contributed by atoms with Crippen molar-refractivity contribution in [1.82, 2.24) is 0 Å². The first-order valence-corrected chi connectivity index (χ1v) is 7.68. The van der Waals surface area contributed by atoms with E-state index in [1.807, 2.05) is 0 Å². The van der Waals surface area contributed by atoms with E-state index in [4.69, 9.17) is 0 Å². The zero-order valence-electron chi connectivity index (χ0n) is 11.7. The van der Waals surface area contributed by atoms with Crippen LogP contribution in [0.5, 0.6) is 0 Å². The molecule has 4 rings (SSSR count). The summed E-state index contributed by atoms with van der Waals surface area (Å²) in [7, 11) is 0. The van der Waals surface area contributed by atoms with Crippen LogP contribution >= 0.6 is 0 Å². The SMILES string of the molecule is C1=[N+]2CCCC[C@@H]2c2ccccc2[C@@H]1c1ccccc1. The number of hydrogen-bond acceptors (Lipinski definition) is 0. The average Bonchev–Trinajstić information content (AvgIpc) is 2.55. The fourth-order valence-corrected chi connectivity index (χ4v) is 3.76. The Morgan fingerprint density at radius 3 is 2.40 bits per heavy atom. The molecular formula is C19H20N+. The molecule has 0 bridgehead atoms. The summed E-state index contributed by atoms with van der Waals surface area (Å²) in [6, 6.07) is 20.5. The van der Waals surface area contributed by atoms with Crippen LogP contribution in [0.4, 0.5) is 0 Å². The molecule has 20 heavy (non-hydrogen) atoms. The highest BCUT2D eigenvalue weighted by Gasteiger charge is 2.35. The molecule has 2 heterocycles. The second kappa shape index (κ2) is 4.90. The Morgan fingerprint density at radius 1 is 0.800 bits per heavy atom. The summed E-state index contributed by atoms with van der Waals surface area (Å²) in [6.45, 7) is 1.21. The lowest BCUT2D eigenvalue weighted by Gasteiger charge is -2.30. The summed E-state index contributed by atoms with van der Waals surface area (Å²) in [5.41, 5.74) is 4.45. The van der Waals surface area contributed by atoms with Crippen molar-refractivity contribution in [3.8, 4) is 0 Å². The second-order valence-corrected chi connectivity index (χ2v) is 5.92. The van der Waals surface area contributed by atoms with Gasteiger partial charge in [-0.2, -0.15) is 0 Å². The fourth-order valence-electron chi connectivity index (χ4n) is 3.76. The van der Waals surface area contributed by atoms with Gasteiger partial charge in [-0.05, 0) is 17.5 Å². The molecule has 0 unspecified atom stereocenters. The van der Waals surface area contributed by atoms with E-state index >= 15 is 0 Å². The lowest BCUT2D eigenvalue weighted by molar-refractivity contribution is -0.581. The molecule has 2 atom stereocenters. The maximum Gasteiger partial charge on any atom is 0.178 e. The summed E-state index contributed by atoms with van der Waals surface area (Å²) in [6.07, 6.45) is 6.46. The minimum Gasteiger partial charge on any atom is -0.232 e. The standard InChI is InChI=1S/C19H20N/c1-2-8-15(9-3-1)18-14-20-13-7-6-12-19(20)17-11-5-4-10-16(17)18/h1-5,8-11,14,18-19H,6-7,12-13H2/q+1/t18-,19+/m0/s1. The Labute approximate surface area is 120 Å². The highest BCUT2D eigenvalue weighted by Crippen LogP contribution is 2.38. The summed E-state index contributed by atoms with van der Waals surface area (Å²) in [5.74, 6) is 0.418. The third-order valence-electron chi connectivity index (χ3n) is 4.73. The van der Waals surface area contributed by atoms with Gasteiger partial charge >= 0.3 is 0 Å². The van der Waals surface area contributed by atoms with Crippen molar-refractivity contribution in [2.45, 2.75) is 31.2 Å². The topological polar surface area (TPSA) is 3.01 Å². The Bertz CT molecular complexity index is 642. The van der Waals surface area contributed by atoms with Gasteiger partial charge in [0.1, 0.15) is 6.54 Å². The van der Waals surface area contributed by atoms with E-state index in [-0.39, 0.29) is 0 Å². The molecule has 1 saturated heterocycles. The normalized spacial score (nSPS) is 24.5. The molecule has 2 aromatic rings. The lowest BCUT2D eigenvalue weighted by atomic mass is 9.81. The molecule has 0 spiro atoms. The van der Waals surface area contributed by atoms with Gasteiger partial charge in [0, 0.05) is 18.4 Å². The quantitative estimate of drug-likeness (QED) is 0.679. The molecule has 100 valence electrons. The zero-order chi connectivity index (χ0) is 13.4. The van der Waals surface area contributed by atoms with Gasteiger partial charge in [-0.25, -0.2) is 4.58 Å². The van der Waals surface area contributed by atoms with Crippen LogP contribution in [0, 0.1) is 0 Å². The minimum atomic E-state index is 0.418. The molecule has 1 nitrogen and oxygen atoms in total. The zero-order valence-corrected chi connectivity index (χ0v) is 11.7. The molecule has 0 amide bonds. The number of benzene rings is 2. The molecule has 2 aromatic carbocycles. The van der Waals surface area contributed by atoms with Gasteiger partial charge in [0.15, 0.2) is 12.3 Å². The molecule has 0 N–H and O–H groups in total. The maximum atomic E-state index is 2.59. The smallest absolute Gasteiger partial charge is 0.178 e. The van der Waals surface area contributed by atoms with Crippen LogP contribution in [0.2, 0.25) is 0 Å². The predicted octanol–water partition coefficient (Wildman–Crippen LogP) is 4.14. The minimum absolute atomic E-state index is 0.418. The first-order valence-electron chi connectivity index (χ1n) is 7.68. The highest BCUT2D eigenvalue weighted by molar-refractivity contribution is 5.72. The molecule has 0 radical (unpaired) electrons. The number of hydrogen-bond donors (Lipinski definition) is 0. The van der Waals surface area contributed by atoms with E-state index in [9.17, 15) is 0 Å². The van der Waals surface area contributed by atoms with E-state index < -0.39 is 0 Å². The molecule has 0 saturated carbocycles. The van der Waals surface area contributed by atoms with Crippen LogP contribution in [0.15, 0.2) is 54.6 Å². The number of rotatable bonds is 1. The highest BCUT2D eigenvalue weighted by atomic mass is 15.1. The second-order valence-electron chi connectivity index (χ2n) is 5.92. The van der Waals surface area contributed by atoms with Gasteiger partial charge in [-0.1, -0.05) is 54.6 Å². The summed E-state index contributed by atoms with van der Waals surface area (Å²) in [4.78, 5) is 0. The average molecular weight is 262 g/mol. The maximum absolute atomic E-state index is 2.59. The van der Waals surface area contributed by atoms with Gasteiger partial charge in [-0.15, -0.1) is 0 Å². The number of fused-ring (bicyclic) bond motifs is 3. The van der Waals surface area contributed by atoms with Crippen molar-refractivity contribution in [2.24, 2.45) is 0 Å². The van der Waals surface area contributed by atoms with Crippen LogP contribution in [-0.2, 0) is 0 Å². The Morgan fingerprint density at radius 2 is 1.55 bits per heavy atom. The van der Waals surface area contributed by atoms with E-state index in [0.717, 1.165) is 0 Å². The van der Waals surface area contributed by atoms with Gasteiger partial charge in [0.2, 0.25) is 0 Å². The third-order valence-corrected chi connectivity index (χ3v) is 4.73. The van der Waals surface area contributed by atoms with Gasteiger partial charge in [-0.3, -0.25) is 0 Å². The first-order chi connectivity index (χ1) is 9.93. The number of piperidine rings is 1. The van der Waals surface area contributed by atoms with Crippen molar-refractivity contribution < 1.29 is 4.58 Å². The third kappa shape index (κ3) is 1.89. The van der Waals surface area contributed by atoms with Crippen molar-refractivity contribution in [2.75, 3.05) is 6.54 Å². The van der Waals surface area contributed by atoms with E-state index in [0.29, 0.717) is 12.0 Å². The van der Waals surface area contributed by atoms with Crippen LogP contribution in [0.3, 0.4) is 0 Å². The van der Waals surface area contributed by atoms with Crippen LogP contribution in [0.25, 0.3) is 0 Å². The van der Waals surface area contributed by atoms with E-state index in [1.54, 1.807) is 5.56 Å². The van der Waals surface area contributed by atoms with Crippen LogP contribution in [-0.4, -0.2) is 17.3 Å². The molecular weight excluding hydrogens is 242 g/mol. The van der Waals surface area contributed by atoms with Gasteiger partial charge in [0.25, 0.3) is 0 Å². The molecule has 1 heteroatoms. The van der Waals surface area contributed by atoms with Gasteiger partial charge in [0.05, 0.1) is 5.92 Å². The largest absolute Gasteiger partial charge is 0.232 e. The van der Waals surface area contributed by atoms with Crippen LogP contribution < -0.4 is 0 Å². The lowest BCUT2D eigenvalue weighted by Crippen LogP contribution is -2.32. The first kappa shape index (κ1) is 11.9. The van der Waals surface area contributed by atoms with Crippen molar-refractivity contribution in [3.05, 3.63) is 71.3 Å². The van der Waals surface area contributed by atoms with Crippen molar-refractivity contribution in [3.63, 3.8) is 0 Å². The Hall–Kier alpha value is -1.89. The Kier molecular flexibility index (Phi) is 2.91. The fraction of sp³-hybridized carbons (Fsp3) is 0.316. The Balaban J connectivity index is 1.86. The predicted molar refractivity (Wildman–Crippen MR) is 82.5 cm³/mol. The molecule has 0 aromatic heterocycles. The molecule has 2 aliphatic heterocycles. The van der Waals surface area contributed by atoms with E-state index in [2.05, 4.69) is 65.4 Å². The van der Waals surface area contributed by atoms with Crippen molar-refractivity contribution in [1.29, 1.82) is 0 Å². The van der Waals surface area contributed by atoms with Crippen molar-refractivity contribution >= 4 is 6.21 Å². The monoisotopic (exact) mass is 262 g/mol. The summed E-state index contributed by atoms with van der Waals surface area (Å²) >= 11 is 0. The van der Waals surface area contributed by atoms with Gasteiger partial charge < -0.3 is 0 Å².